The number of methoxy groups -OCH3 is 1. The Morgan fingerprint density at radius 3 is 2.40 bits per heavy atom. The number of amides is 1. The Bertz CT molecular complexity index is 448. The molecule has 4 heteroatoms. The highest BCUT2D eigenvalue weighted by Gasteiger charge is 2.39. The van der Waals surface area contributed by atoms with Gasteiger partial charge in [0.2, 0.25) is 5.91 Å². The van der Waals surface area contributed by atoms with E-state index in [-0.39, 0.29) is 5.91 Å². The summed E-state index contributed by atoms with van der Waals surface area (Å²) in [7, 11) is 1.64. The van der Waals surface area contributed by atoms with Crippen LogP contribution in [0, 0.1) is 5.92 Å². The molecule has 1 fully saturated rings. The molecule has 0 saturated heterocycles. The number of carbonyl (C=O) groups is 1. The molecule has 4 nitrogen and oxygen atoms in total. The van der Waals surface area contributed by atoms with Crippen LogP contribution in [0.2, 0.25) is 0 Å². The standard InChI is InChI=1S/C16H24N2O2/c1-3-12-8-10-16(11-9-12,15(17)19)18-13-4-6-14(20-2)7-5-13/h4-7,12,18H,3,8-11H2,1-2H3,(H2,17,19). The van der Waals surface area contributed by atoms with Crippen molar-refractivity contribution in [3.8, 4) is 5.75 Å². The van der Waals surface area contributed by atoms with Crippen LogP contribution in [0.4, 0.5) is 5.69 Å². The summed E-state index contributed by atoms with van der Waals surface area (Å²) in [6.07, 6.45) is 4.92. The molecular weight excluding hydrogens is 252 g/mol. The van der Waals surface area contributed by atoms with Gasteiger partial charge in [-0.2, -0.15) is 0 Å². The zero-order chi connectivity index (χ0) is 14.6. The van der Waals surface area contributed by atoms with Gasteiger partial charge in [0.1, 0.15) is 11.3 Å². The quantitative estimate of drug-likeness (QED) is 0.869. The molecule has 1 saturated carbocycles. The summed E-state index contributed by atoms with van der Waals surface area (Å²) in [5.74, 6) is 1.28. The van der Waals surface area contributed by atoms with Crippen molar-refractivity contribution < 1.29 is 9.53 Å². The Labute approximate surface area is 120 Å². The van der Waals surface area contributed by atoms with Gasteiger partial charge in [0, 0.05) is 5.69 Å². The molecule has 1 amide bonds. The largest absolute Gasteiger partial charge is 0.497 e. The van der Waals surface area contributed by atoms with Crippen LogP contribution in [0.15, 0.2) is 24.3 Å². The first-order valence-electron chi connectivity index (χ1n) is 7.32. The molecular formula is C16H24N2O2. The van der Waals surface area contributed by atoms with Crippen LogP contribution in [-0.2, 0) is 4.79 Å². The number of hydrogen-bond donors (Lipinski definition) is 2. The van der Waals surface area contributed by atoms with Gasteiger partial charge in [0.05, 0.1) is 7.11 Å². The highest BCUT2D eigenvalue weighted by Crippen LogP contribution is 2.36. The van der Waals surface area contributed by atoms with E-state index in [9.17, 15) is 4.79 Å². The third-order valence-electron chi connectivity index (χ3n) is 4.48. The van der Waals surface area contributed by atoms with Gasteiger partial charge < -0.3 is 15.8 Å². The number of hydrogen-bond acceptors (Lipinski definition) is 3. The fourth-order valence-electron chi connectivity index (χ4n) is 2.96. The molecule has 0 radical (unpaired) electrons. The molecule has 0 unspecified atom stereocenters. The molecule has 2 rings (SSSR count). The maximum Gasteiger partial charge on any atom is 0.243 e. The summed E-state index contributed by atoms with van der Waals surface area (Å²) in [5.41, 5.74) is 5.99. The van der Waals surface area contributed by atoms with Crippen LogP contribution in [0.3, 0.4) is 0 Å². The zero-order valence-electron chi connectivity index (χ0n) is 12.3. The van der Waals surface area contributed by atoms with Crippen LogP contribution in [0.5, 0.6) is 5.75 Å². The molecule has 1 aliphatic rings. The number of benzene rings is 1. The number of ether oxygens (including phenoxy) is 1. The predicted octanol–water partition coefficient (Wildman–Crippen LogP) is 2.93. The van der Waals surface area contributed by atoms with Gasteiger partial charge in [-0.25, -0.2) is 0 Å². The molecule has 0 aliphatic heterocycles. The van der Waals surface area contributed by atoms with Crippen molar-refractivity contribution in [2.24, 2.45) is 11.7 Å². The Morgan fingerprint density at radius 1 is 1.35 bits per heavy atom. The second kappa shape index (κ2) is 6.16. The lowest BCUT2D eigenvalue weighted by molar-refractivity contribution is -0.123. The molecule has 0 spiro atoms. The van der Waals surface area contributed by atoms with E-state index in [2.05, 4.69) is 12.2 Å². The Balaban J connectivity index is 2.11. The summed E-state index contributed by atoms with van der Waals surface area (Å²) in [6, 6.07) is 7.62. The van der Waals surface area contributed by atoms with Gasteiger partial charge in [-0.15, -0.1) is 0 Å². The Kier molecular flexibility index (Phi) is 4.53. The van der Waals surface area contributed by atoms with Crippen LogP contribution < -0.4 is 15.8 Å². The maximum atomic E-state index is 11.9. The summed E-state index contributed by atoms with van der Waals surface area (Å²) < 4.78 is 5.14. The van der Waals surface area contributed by atoms with E-state index in [0.717, 1.165) is 43.0 Å². The van der Waals surface area contributed by atoms with Gasteiger partial charge >= 0.3 is 0 Å². The Morgan fingerprint density at radius 2 is 1.95 bits per heavy atom. The minimum Gasteiger partial charge on any atom is -0.497 e. The van der Waals surface area contributed by atoms with Crippen LogP contribution in [0.1, 0.15) is 39.0 Å². The highest BCUT2D eigenvalue weighted by molar-refractivity contribution is 5.88. The van der Waals surface area contributed by atoms with E-state index in [1.54, 1.807) is 7.11 Å². The third-order valence-corrected chi connectivity index (χ3v) is 4.48. The topological polar surface area (TPSA) is 64.3 Å². The molecule has 0 heterocycles. The SMILES string of the molecule is CCC1CCC(Nc2ccc(OC)cc2)(C(N)=O)CC1. The maximum absolute atomic E-state index is 11.9. The van der Waals surface area contributed by atoms with Gasteiger partial charge in [0.25, 0.3) is 0 Å². The van der Waals surface area contributed by atoms with Crippen LogP contribution >= 0.6 is 0 Å². The van der Waals surface area contributed by atoms with Crippen molar-refractivity contribution >= 4 is 11.6 Å². The Hall–Kier alpha value is -1.71. The van der Waals surface area contributed by atoms with Crippen molar-refractivity contribution in [3.63, 3.8) is 0 Å². The fraction of sp³-hybridized carbons (Fsp3) is 0.562. The summed E-state index contributed by atoms with van der Waals surface area (Å²) in [5, 5.41) is 3.36. The van der Waals surface area contributed by atoms with E-state index >= 15 is 0 Å². The average molecular weight is 276 g/mol. The number of primary amides is 1. The van der Waals surface area contributed by atoms with E-state index in [0.29, 0.717) is 0 Å². The number of carbonyl (C=O) groups excluding carboxylic acids is 1. The highest BCUT2D eigenvalue weighted by atomic mass is 16.5. The van der Waals surface area contributed by atoms with Crippen molar-refractivity contribution in [2.45, 2.75) is 44.6 Å². The van der Waals surface area contributed by atoms with E-state index in [1.807, 2.05) is 24.3 Å². The molecule has 0 aromatic heterocycles. The molecule has 1 aliphatic carbocycles. The molecule has 1 aromatic rings. The summed E-state index contributed by atoms with van der Waals surface area (Å²) >= 11 is 0. The van der Waals surface area contributed by atoms with Crippen molar-refractivity contribution in [3.05, 3.63) is 24.3 Å². The van der Waals surface area contributed by atoms with Crippen LogP contribution in [0.25, 0.3) is 0 Å². The molecule has 1 aromatic carbocycles. The lowest BCUT2D eigenvalue weighted by Gasteiger charge is -2.39. The zero-order valence-corrected chi connectivity index (χ0v) is 12.3. The lowest BCUT2D eigenvalue weighted by atomic mass is 9.75. The number of anilines is 1. The van der Waals surface area contributed by atoms with E-state index < -0.39 is 5.54 Å². The fourth-order valence-corrected chi connectivity index (χ4v) is 2.96. The van der Waals surface area contributed by atoms with E-state index in [1.165, 1.54) is 6.42 Å². The van der Waals surface area contributed by atoms with Crippen molar-refractivity contribution in [2.75, 3.05) is 12.4 Å². The molecule has 0 atom stereocenters. The summed E-state index contributed by atoms with van der Waals surface area (Å²) in [6.45, 7) is 2.21. The van der Waals surface area contributed by atoms with Gasteiger partial charge in [0.15, 0.2) is 0 Å². The molecule has 110 valence electrons. The monoisotopic (exact) mass is 276 g/mol. The van der Waals surface area contributed by atoms with Gasteiger partial charge in [-0.3, -0.25) is 4.79 Å². The van der Waals surface area contributed by atoms with E-state index in [4.69, 9.17) is 10.5 Å². The van der Waals surface area contributed by atoms with Crippen molar-refractivity contribution in [1.82, 2.24) is 0 Å². The first-order chi connectivity index (χ1) is 9.59. The van der Waals surface area contributed by atoms with Gasteiger partial charge in [-0.1, -0.05) is 13.3 Å². The number of nitrogens with two attached hydrogens (primary N) is 1. The first kappa shape index (κ1) is 14.7. The second-order valence-corrected chi connectivity index (χ2v) is 5.65. The number of nitrogens with one attached hydrogen (secondary N) is 1. The normalized spacial score (nSPS) is 26.0. The average Bonchev–Trinajstić information content (AvgIpc) is 2.48. The molecule has 20 heavy (non-hydrogen) atoms. The minimum atomic E-state index is -0.597. The summed E-state index contributed by atoms with van der Waals surface area (Å²) in [4.78, 5) is 11.9. The van der Waals surface area contributed by atoms with Gasteiger partial charge in [-0.05, 0) is 55.9 Å². The number of rotatable bonds is 5. The van der Waals surface area contributed by atoms with Crippen LogP contribution in [-0.4, -0.2) is 18.6 Å². The first-order valence-corrected chi connectivity index (χ1v) is 7.32. The third kappa shape index (κ3) is 3.06. The minimum absolute atomic E-state index is 0.247. The second-order valence-electron chi connectivity index (χ2n) is 5.65. The predicted molar refractivity (Wildman–Crippen MR) is 80.8 cm³/mol. The molecule has 0 bridgehead atoms. The smallest absolute Gasteiger partial charge is 0.243 e. The molecule has 3 N–H and O–H groups in total. The van der Waals surface area contributed by atoms with Crippen molar-refractivity contribution in [1.29, 1.82) is 0 Å². The lowest BCUT2D eigenvalue weighted by Crippen LogP contribution is -2.52.